The van der Waals surface area contributed by atoms with Crippen LogP contribution < -0.4 is 0 Å². The lowest BCUT2D eigenvalue weighted by atomic mass is 10.5. The average molecular weight is 265 g/mol. The van der Waals surface area contributed by atoms with Crippen molar-refractivity contribution >= 4 is 0 Å². The van der Waals surface area contributed by atoms with Crippen molar-refractivity contribution in [2.24, 2.45) is 0 Å². The summed E-state index contributed by atoms with van der Waals surface area (Å²) >= 11 is 0. The first kappa shape index (κ1) is 17.8. The predicted molar refractivity (Wildman–Crippen MR) is 68.7 cm³/mol. The topological polar surface area (TPSA) is 71.4 Å². The summed E-state index contributed by atoms with van der Waals surface area (Å²) in [7, 11) is 0. The third-order valence-corrected chi connectivity index (χ3v) is 2.39. The Morgan fingerprint density at radius 1 is 0.722 bits per heavy atom. The van der Waals surface area contributed by atoms with E-state index >= 15 is 0 Å². The second kappa shape index (κ2) is 14.8. The lowest BCUT2D eigenvalue weighted by Crippen LogP contribution is -2.31. The van der Waals surface area contributed by atoms with Gasteiger partial charge in [0.15, 0.2) is 0 Å². The van der Waals surface area contributed by atoms with Crippen LogP contribution in [0, 0.1) is 0 Å². The van der Waals surface area contributed by atoms with Gasteiger partial charge < -0.3 is 24.4 Å². The Labute approximate surface area is 109 Å². The molecule has 0 unspecified atom stereocenters. The molecule has 110 valence electrons. The van der Waals surface area contributed by atoms with Gasteiger partial charge in [-0.25, -0.2) is 0 Å². The van der Waals surface area contributed by atoms with Crippen LogP contribution in [0.15, 0.2) is 0 Å². The van der Waals surface area contributed by atoms with Crippen molar-refractivity contribution in [3.63, 3.8) is 0 Å². The van der Waals surface area contributed by atoms with E-state index in [-0.39, 0.29) is 13.2 Å². The molecule has 0 atom stereocenters. The van der Waals surface area contributed by atoms with Crippen molar-refractivity contribution in [3.8, 4) is 0 Å². The van der Waals surface area contributed by atoms with E-state index in [1.165, 1.54) is 0 Å². The minimum Gasteiger partial charge on any atom is -0.394 e. The van der Waals surface area contributed by atoms with E-state index in [0.717, 1.165) is 19.6 Å². The van der Waals surface area contributed by atoms with Crippen molar-refractivity contribution in [3.05, 3.63) is 0 Å². The molecule has 0 aliphatic rings. The molecule has 0 aromatic heterocycles. The molecule has 18 heavy (non-hydrogen) atoms. The molecular formula is C12H27NO5. The number of hydrogen-bond donors (Lipinski definition) is 2. The molecular weight excluding hydrogens is 238 g/mol. The van der Waals surface area contributed by atoms with Crippen LogP contribution in [0.3, 0.4) is 0 Å². The van der Waals surface area contributed by atoms with Crippen LogP contribution in [-0.4, -0.2) is 87.6 Å². The van der Waals surface area contributed by atoms with Gasteiger partial charge in [-0.3, -0.25) is 4.90 Å². The molecule has 0 fully saturated rings. The van der Waals surface area contributed by atoms with Crippen LogP contribution >= 0.6 is 0 Å². The molecule has 0 aliphatic heterocycles. The largest absolute Gasteiger partial charge is 0.394 e. The van der Waals surface area contributed by atoms with Crippen molar-refractivity contribution in [1.29, 1.82) is 0 Å². The summed E-state index contributed by atoms with van der Waals surface area (Å²) in [6.07, 6.45) is 0. The molecule has 0 amide bonds. The second-order valence-electron chi connectivity index (χ2n) is 3.72. The third-order valence-electron chi connectivity index (χ3n) is 2.39. The number of rotatable bonds is 14. The van der Waals surface area contributed by atoms with Gasteiger partial charge in [0.2, 0.25) is 0 Å². The van der Waals surface area contributed by atoms with Crippen LogP contribution in [-0.2, 0) is 14.2 Å². The van der Waals surface area contributed by atoms with Crippen LogP contribution in [0.5, 0.6) is 0 Å². The molecule has 0 heterocycles. The smallest absolute Gasteiger partial charge is 0.0701 e. The maximum atomic E-state index is 8.56. The summed E-state index contributed by atoms with van der Waals surface area (Å²) in [4.78, 5) is 2.23. The quantitative estimate of drug-likeness (QED) is 0.406. The number of aliphatic hydroxyl groups excluding tert-OH is 2. The Morgan fingerprint density at radius 2 is 1.17 bits per heavy atom. The molecule has 0 saturated carbocycles. The number of nitrogens with zero attached hydrogens (tertiary/aromatic N) is 1. The maximum Gasteiger partial charge on any atom is 0.0701 e. The van der Waals surface area contributed by atoms with E-state index in [9.17, 15) is 0 Å². The van der Waals surface area contributed by atoms with E-state index in [1.807, 2.05) is 0 Å². The lowest BCUT2D eigenvalue weighted by molar-refractivity contribution is 0.0226. The fraction of sp³-hybridized carbons (Fsp3) is 1.00. The van der Waals surface area contributed by atoms with Crippen molar-refractivity contribution < 1.29 is 24.4 Å². The summed E-state index contributed by atoms with van der Waals surface area (Å²) < 4.78 is 15.7. The SMILES string of the molecule is CCN(CCOCCO)CCOCCOCCO. The first-order valence-corrected chi connectivity index (χ1v) is 6.52. The van der Waals surface area contributed by atoms with Gasteiger partial charge >= 0.3 is 0 Å². The summed E-state index contributed by atoms with van der Waals surface area (Å²) in [5.41, 5.74) is 0. The van der Waals surface area contributed by atoms with Gasteiger partial charge in [0.05, 0.1) is 52.9 Å². The number of aliphatic hydroxyl groups is 2. The van der Waals surface area contributed by atoms with Crippen molar-refractivity contribution in [2.75, 3.05) is 72.5 Å². The molecule has 0 radical (unpaired) electrons. The molecule has 6 nitrogen and oxygen atoms in total. The van der Waals surface area contributed by atoms with Gasteiger partial charge in [-0.1, -0.05) is 6.92 Å². The van der Waals surface area contributed by atoms with Gasteiger partial charge in [0.25, 0.3) is 0 Å². The molecule has 0 saturated heterocycles. The number of hydrogen-bond acceptors (Lipinski definition) is 6. The maximum absolute atomic E-state index is 8.56. The first-order valence-electron chi connectivity index (χ1n) is 6.52. The molecule has 0 spiro atoms. The molecule has 0 aromatic carbocycles. The van der Waals surface area contributed by atoms with Crippen molar-refractivity contribution in [2.45, 2.75) is 6.92 Å². The molecule has 0 bridgehead atoms. The third kappa shape index (κ3) is 12.2. The summed E-state index contributed by atoms with van der Waals surface area (Å²) in [5.74, 6) is 0. The Balaban J connectivity index is 3.27. The van der Waals surface area contributed by atoms with Crippen molar-refractivity contribution in [1.82, 2.24) is 4.90 Å². The zero-order valence-electron chi connectivity index (χ0n) is 11.3. The highest BCUT2D eigenvalue weighted by Gasteiger charge is 2.01. The van der Waals surface area contributed by atoms with Gasteiger partial charge in [-0.05, 0) is 6.54 Å². The minimum atomic E-state index is 0.0530. The van der Waals surface area contributed by atoms with Crippen LogP contribution in [0.1, 0.15) is 6.92 Å². The highest BCUT2D eigenvalue weighted by molar-refractivity contribution is 4.54. The fourth-order valence-electron chi connectivity index (χ4n) is 1.37. The van der Waals surface area contributed by atoms with Crippen LogP contribution in [0.4, 0.5) is 0 Å². The second-order valence-corrected chi connectivity index (χ2v) is 3.72. The first-order chi connectivity index (χ1) is 8.85. The Hall–Kier alpha value is -0.240. The zero-order valence-corrected chi connectivity index (χ0v) is 11.3. The van der Waals surface area contributed by atoms with E-state index in [1.54, 1.807) is 0 Å². The highest BCUT2D eigenvalue weighted by atomic mass is 16.5. The van der Waals surface area contributed by atoms with E-state index in [2.05, 4.69) is 11.8 Å². The van der Waals surface area contributed by atoms with E-state index < -0.39 is 0 Å². The zero-order chi connectivity index (χ0) is 13.5. The Morgan fingerprint density at radius 3 is 1.61 bits per heavy atom. The van der Waals surface area contributed by atoms with Gasteiger partial charge in [0, 0.05) is 13.1 Å². The summed E-state index contributed by atoms with van der Waals surface area (Å²) in [6.45, 7) is 8.02. The highest BCUT2D eigenvalue weighted by Crippen LogP contribution is 1.89. The summed E-state index contributed by atoms with van der Waals surface area (Å²) in [6, 6.07) is 0. The minimum absolute atomic E-state index is 0.0530. The number of ether oxygens (including phenoxy) is 3. The van der Waals surface area contributed by atoms with E-state index in [0.29, 0.717) is 39.6 Å². The van der Waals surface area contributed by atoms with Gasteiger partial charge in [0.1, 0.15) is 0 Å². The number of likely N-dealkylation sites (N-methyl/N-ethyl adjacent to an activating group) is 1. The van der Waals surface area contributed by atoms with Gasteiger partial charge in [-0.15, -0.1) is 0 Å². The van der Waals surface area contributed by atoms with Gasteiger partial charge in [-0.2, -0.15) is 0 Å². The molecule has 0 aliphatic carbocycles. The Kier molecular flexibility index (Phi) is 14.6. The monoisotopic (exact) mass is 265 g/mol. The molecule has 0 rings (SSSR count). The normalized spacial score (nSPS) is 11.3. The molecule has 2 N–H and O–H groups in total. The standard InChI is InChI=1S/C12H27NO5/c1-2-13(3-7-16-9-5-14)4-8-17-11-12-18-10-6-15/h14-15H,2-12H2,1H3. The predicted octanol–water partition coefficient (Wildman–Crippen LogP) is -0.657. The van der Waals surface area contributed by atoms with Crippen LogP contribution in [0.2, 0.25) is 0 Å². The lowest BCUT2D eigenvalue weighted by Gasteiger charge is -2.20. The van der Waals surface area contributed by atoms with E-state index in [4.69, 9.17) is 24.4 Å². The Bertz CT molecular complexity index is 159. The van der Waals surface area contributed by atoms with Crippen LogP contribution in [0.25, 0.3) is 0 Å². The molecule has 0 aromatic rings. The average Bonchev–Trinajstić information content (AvgIpc) is 2.40. The summed E-state index contributed by atoms with van der Waals surface area (Å²) in [5, 5.41) is 17.1. The molecule has 6 heteroatoms. The fourth-order valence-corrected chi connectivity index (χ4v) is 1.37.